The predicted molar refractivity (Wildman–Crippen MR) is 57.3 cm³/mol. The molecular weight excluding hydrogens is 174 g/mol. The Hall–Kier alpha value is -0.370. The predicted octanol–water partition coefficient (Wildman–Crippen LogP) is 2.37. The molecule has 0 aromatic rings. The molecule has 14 heavy (non-hydrogen) atoms. The maximum Gasteiger partial charge on any atom is 0.134 e. The van der Waals surface area contributed by atoms with E-state index in [9.17, 15) is 4.79 Å². The summed E-state index contributed by atoms with van der Waals surface area (Å²) in [6.07, 6.45) is 8.05. The Bertz CT molecular complexity index is 214. The molecule has 0 aromatic carbocycles. The molecule has 1 aliphatic carbocycles. The number of carbonyl (C=O) groups is 1. The normalized spacial score (nSPS) is 35.9. The monoisotopic (exact) mass is 195 g/mol. The van der Waals surface area contributed by atoms with Gasteiger partial charge in [0, 0.05) is 24.9 Å². The Morgan fingerprint density at radius 2 is 2.07 bits per heavy atom. The number of rotatable bonds is 1. The van der Waals surface area contributed by atoms with Crippen LogP contribution in [0.2, 0.25) is 0 Å². The highest BCUT2D eigenvalue weighted by Crippen LogP contribution is 2.26. The van der Waals surface area contributed by atoms with Gasteiger partial charge in [-0.25, -0.2) is 0 Å². The van der Waals surface area contributed by atoms with Gasteiger partial charge < -0.3 is 0 Å². The van der Waals surface area contributed by atoms with Gasteiger partial charge in [-0.3, -0.25) is 9.69 Å². The van der Waals surface area contributed by atoms with Crippen molar-refractivity contribution < 1.29 is 4.79 Å². The zero-order valence-corrected chi connectivity index (χ0v) is 9.17. The maximum absolute atomic E-state index is 11.4. The minimum atomic E-state index is 0.485. The molecule has 2 unspecified atom stereocenters. The number of likely N-dealkylation sites (tertiary alicyclic amines) is 1. The first-order valence-corrected chi connectivity index (χ1v) is 6.05. The molecule has 1 heterocycles. The molecule has 1 saturated heterocycles. The zero-order valence-electron chi connectivity index (χ0n) is 9.17. The van der Waals surface area contributed by atoms with Gasteiger partial charge in [-0.05, 0) is 39.2 Å². The smallest absolute Gasteiger partial charge is 0.134 e. The summed E-state index contributed by atoms with van der Waals surface area (Å²) in [6, 6.07) is 1.28. The second kappa shape index (κ2) is 4.43. The van der Waals surface area contributed by atoms with Gasteiger partial charge in [-0.1, -0.05) is 6.42 Å². The third-order valence-corrected chi connectivity index (χ3v) is 3.78. The second-order valence-corrected chi connectivity index (χ2v) is 4.87. The van der Waals surface area contributed by atoms with Gasteiger partial charge in [-0.15, -0.1) is 0 Å². The van der Waals surface area contributed by atoms with Crippen molar-refractivity contribution in [2.24, 2.45) is 0 Å². The number of ketones is 1. The fourth-order valence-corrected chi connectivity index (χ4v) is 2.95. The van der Waals surface area contributed by atoms with Crippen molar-refractivity contribution in [1.82, 2.24) is 4.90 Å². The standard InChI is InChI=1S/C12H21NO/c1-10-5-2-3-8-13(10)11-6-4-7-12(14)9-11/h10-11H,2-9H2,1H3. The van der Waals surface area contributed by atoms with E-state index in [4.69, 9.17) is 0 Å². The number of piperidine rings is 1. The maximum atomic E-state index is 11.4. The fraction of sp³-hybridized carbons (Fsp3) is 0.917. The van der Waals surface area contributed by atoms with Crippen molar-refractivity contribution in [3.63, 3.8) is 0 Å². The molecule has 2 heteroatoms. The molecular formula is C12H21NO. The van der Waals surface area contributed by atoms with E-state index in [1.165, 1.54) is 32.2 Å². The van der Waals surface area contributed by atoms with Crippen LogP contribution in [0.4, 0.5) is 0 Å². The van der Waals surface area contributed by atoms with Gasteiger partial charge in [-0.2, -0.15) is 0 Å². The molecule has 0 N–H and O–H groups in total. The summed E-state index contributed by atoms with van der Waals surface area (Å²) in [5, 5.41) is 0. The lowest BCUT2D eigenvalue weighted by Crippen LogP contribution is -2.46. The van der Waals surface area contributed by atoms with E-state index in [0.29, 0.717) is 17.9 Å². The van der Waals surface area contributed by atoms with Gasteiger partial charge >= 0.3 is 0 Å². The summed E-state index contributed by atoms with van der Waals surface area (Å²) in [5.74, 6) is 0.485. The molecule has 2 rings (SSSR count). The van der Waals surface area contributed by atoms with Crippen molar-refractivity contribution in [2.75, 3.05) is 6.54 Å². The lowest BCUT2D eigenvalue weighted by molar-refractivity contribution is -0.122. The van der Waals surface area contributed by atoms with E-state index in [-0.39, 0.29) is 0 Å². The number of nitrogens with zero attached hydrogens (tertiary/aromatic N) is 1. The molecule has 0 bridgehead atoms. The van der Waals surface area contributed by atoms with Crippen LogP contribution in [0.3, 0.4) is 0 Å². The van der Waals surface area contributed by atoms with Crippen LogP contribution < -0.4 is 0 Å². The van der Waals surface area contributed by atoms with Crippen LogP contribution in [0.1, 0.15) is 51.9 Å². The summed E-state index contributed by atoms with van der Waals surface area (Å²) in [4.78, 5) is 14.0. The van der Waals surface area contributed by atoms with Gasteiger partial charge in [0.15, 0.2) is 0 Å². The highest BCUT2D eigenvalue weighted by atomic mass is 16.1. The largest absolute Gasteiger partial charge is 0.300 e. The molecule has 1 saturated carbocycles. The number of hydrogen-bond donors (Lipinski definition) is 0. The minimum absolute atomic E-state index is 0.485. The van der Waals surface area contributed by atoms with Crippen molar-refractivity contribution in [1.29, 1.82) is 0 Å². The van der Waals surface area contributed by atoms with E-state index >= 15 is 0 Å². The molecule has 0 amide bonds. The average Bonchev–Trinajstić information content (AvgIpc) is 2.18. The zero-order chi connectivity index (χ0) is 9.97. The van der Waals surface area contributed by atoms with Crippen LogP contribution in [0.15, 0.2) is 0 Å². The number of hydrogen-bond acceptors (Lipinski definition) is 2. The van der Waals surface area contributed by atoms with Crippen LogP contribution in [0.5, 0.6) is 0 Å². The van der Waals surface area contributed by atoms with E-state index in [1.807, 2.05) is 0 Å². The summed E-state index contributed by atoms with van der Waals surface area (Å²) in [7, 11) is 0. The fourth-order valence-electron chi connectivity index (χ4n) is 2.95. The van der Waals surface area contributed by atoms with E-state index in [1.54, 1.807) is 0 Å². The van der Waals surface area contributed by atoms with E-state index in [0.717, 1.165) is 19.3 Å². The third-order valence-electron chi connectivity index (χ3n) is 3.78. The SMILES string of the molecule is CC1CCCCN1C1CCCC(=O)C1. The van der Waals surface area contributed by atoms with Crippen molar-refractivity contribution >= 4 is 5.78 Å². The topological polar surface area (TPSA) is 20.3 Å². The summed E-state index contributed by atoms with van der Waals surface area (Å²) in [5.41, 5.74) is 0. The van der Waals surface area contributed by atoms with Crippen LogP contribution in [-0.2, 0) is 4.79 Å². The lowest BCUT2D eigenvalue weighted by atomic mass is 9.90. The van der Waals surface area contributed by atoms with E-state index < -0.39 is 0 Å². The first-order chi connectivity index (χ1) is 6.77. The number of carbonyl (C=O) groups excluding carboxylic acids is 1. The van der Waals surface area contributed by atoms with Crippen molar-refractivity contribution in [3.05, 3.63) is 0 Å². The molecule has 0 aromatic heterocycles. The Morgan fingerprint density at radius 1 is 1.21 bits per heavy atom. The van der Waals surface area contributed by atoms with E-state index in [2.05, 4.69) is 11.8 Å². The number of Topliss-reactive ketones (excluding diaryl/α,β-unsaturated/α-hetero) is 1. The molecule has 2 fully saturated rings. The first kappa shape index (κ1) is 10.2. The second-order valence-electron chi connectivity index (χ2n) is 4.87. The van der Waals surface area contributed by atoms with Crippen LogP contribution in [0.25, 0.3) is 0 Å². The first-order valence-electron chi connectivity index (χ1n) is 6.05. The molecule has 0 spiro atoms. The van der Waals surface area contributed by atoms with Gasteiger partial charge in [0.05, 0.1) is 0 Å². The molecule has 1 aliphatic heterocycles. The highest BCUT2D eigenvalue weighted by molar-refractivity contribution is 5.79. The summed E-state index contributed by atoms with van der Waals surface area (Å²) in [6.45, 7) is 3.54. The Balaban J connectivity index is 1.94. The Morgan fingerprint density at radius 3 is 2.79 bits per heavy atom. The summed E-state index contributed by atoms with van der Waals surface area (Å²) < 4.78 is 0. The molecule has 2 nitrogen and oxygen atoms in total. The van der Waals surface area contributed by atoms with Crippen LogP contribution >= 0.6 is 0 Å². The van der Waals surface area contributed by atoms with Gasteiger partial charge in [0.1, 0.15) is 5.78 Å². The Kier molecular flexibility index (Phi) is 3.22. The third kappa shape index (κ3) is 2.17. The Labute approximate surface area is 86.7 Å². The average molecular weight is 195 g/mol. The summed E-state index contributed by atoms with van der Waals surface area (Å²) >= 11 is 0. The van der Waals surface area contributed by atoms with Crippen molar-refractivity contribution in [2.45, 2.75) is 64.0 Å². The minimum Gasteiger partial charge on any atom is -0.300 e. The highest BCUT2D eigenvalue weighted by Gasteiger charge is 2.29. The van der Waals surface area contributed by atoms with Crippen LogP contribution in [-0.4, -0.2) is 29.3 Å². The molecule has 2 atom stereocenters. The molecule has 0 radical (unpaired) electrons. The molecule has 2 aliphatic rings. The lowest BCUT2D eigenvalue weighted by Gasteiger charge is -2.40. The quantitative estimate of drug-likeness (QED) is 0.640. The van der Waals surface area contributed by atoms with Gasteiger partial charge in [0.2, 0.25) is 0 Å². The van der Waals surface area contributed by atoms with Gasteiger partial charge in [0.25, 0.3) is 0 Å². The van der Waals surface area contributed by atoms with Crippen molar-refractivity contribution in [3.8, 4) is 0 Å². The van der Waals surface area contributed by atoms with Crippen LogP contribution in [0, 0.1) is 0 Å². The molecule has 80 valence electrons.